The van der Waals surface area contributed by atoms with Crippen molar-refractivity contribution in [2.24, 2.45) is 0 Å². The zero-order chi connectivity index (χ0) is 26.3. The topological polar surface area (TPSA) is 141 Å². The highest BCUT2D eigenvalue weighted by Gasteiger charge is 2.45. The van der Waals surface area contributed by atoms with Gasteiger partial charge in [0.1, 0.15) is 30.8 Å². The Morgan fingerprint density at radius 3 is 2.43 bits per heavy atom. The number of carbonyl (C=O) groups excluding carboxylic acids is 1. The van der Waals surface area contributed by atoms with Gasteiger partial charge in [-0.15, -0.1) is 0 Å². The summed E-state index contributed by atoms with van der Waals surface area (Å²) < 4.78 is 7.66. The highest BCUT2D eigenvalue weighted by atomic mass is 35.5. The van der Waals surface area contributed by atoms with Crippen molar-refractivity contribution < 1.29 is 34.8 Å². The molecular weight excluding hydrogens is 500 g/mol. The van der Waals surface area contributed by atoms with Crippen molar-refractivity contribution in [3.05, 3.63) is 70.4 Å². The van der Waals surface area contributed by atoms with Gasteiger partial charge < -0.3 is 35.0 Å². The molecule has 2 fully saturated rings. The lowest BCUT2D eigenvalue weighted by atomic mass is 9.97. The lowest BCUT2D eigenvalue weighted by molar-refractivity contribution is -0.242. The van der Waals surface area contributed by atoms with E-state index < -0.39 is 48.9 Å². The summed E-state index contributed by atoms with van der Waals surface area (Å²) in [5.74, 6) is -1.38. The van der Waals surface area contributed by atoms with E-state index in [1.165, 1.54) is 18.4 Å². The molecule has 0 unspecified atom stereocenters. The molecule has 2 heterocycles. The summed E-state index contributed by atoms with van der Waals surface area (Å²) >= 11 is 6.60. The Balaban J connectivity index is 1.43. The van der Waals surface area contributed by atoms with Gasteiger partial charge in [0.2, 0.25) is 5.91 Å². The van der Waals surface area contributed by atoms with Crippen molar-refractivity contribution in [1.82, 2.24) is 9.88 Å². The van der Waals surface area contributed by atoms with Crippen molar-refractivity contribution in [3.8, 4) is 0 Å². The van der Waals surface area contributed by atoms with Crippen LogP contribution in [0.3, 0.4) is 0 Å². The van der Waals surface area contributed by atoms with E-state index in [4.69, 9.17) is 21.4 Å². The van der Waals surface area contributed by atoms with Crippen molar-refractivity contribution in [2.75, 3.05) is 6.54 Å². The first-order valence-electron chi connectivity index (χ1n) is 12.3. The van der Waals surface area contributed by atoms with Crippen molar-refractivity contribution >= 4 is 34.4 Å². The van der Waals surface area contributed by atoms with E-state index in [1.807, 2.05) is 12.3 Å². The number of carbonyl (C=O) groups is 2. The largest absolute Gasteiger partial charge is 0.481 e. The smallest absolute Gasteiger partial charge is 0.312 e. The molecule has 0 spiro atoms. The Kier molecular flexibility index (Phi) is 7.24. The molecule has 1 aliphatic heterocycles. The van der Waals surface area contributed by atoms with Crippen molar-refractivity contribution in [1.29, 1.82) is 0 Å². The number of hydrogen-bond donors (Lipinski definition) is 5. The summed E-state index contributed by atoms with van der Waals surface area (Å²) in [6, 6.07) is 13.9. The Labute approximate surface area is 218 Å². The van der Waals surface area contributed by atoms with Gasteiger partial charge in [-0.25, -0.2) is 0 Å². The average Bonchev–Trinajstić information content (AvgIpc) is 3.65. The number of rotatable bonds is 8. The van der Waals surface area contributed by atoms with Crippen LogP contribution in [0.4, 0.5) is 0 Å². The van der Waals surface area contributed by atoms with Crippen LogP contribution >= 0.6 is 11.6 Å². The average molecular weight is 529 g/mol. The summed E-state index contributed by atoms with van der Waals surface area (Å²) in [6.07, 6.45) is -2.56. The van der Waals surface area contributed by atoms with Crippen LogP contribution in [0.25, 0.3) is 10.9 Å². The number of carboxylic acids is 1. The van der Waals surface area contributed by atoms with E-state index in [-0.39, 0.29) is 6.54 Å². The molecule has 10 heteroatoms. The lowest BCUT2D eigenvalue weighted by Gasteiger charge is -2.41. The third kappa shape index (κ3) is 5.37. The van der Waals surface area contributed by atoms with E-state index in [0.29, 0.717) is 22.9 Å². The Morgan fingerprint density at radius 2 is 1.76 bits per heavy atom. The van der Waals surface area contributed by atoms with E-state index in [1.54, 1.807) is 16.7 Å². The number of aliphatic hydroxyl groups excluding tert-OH is 3. The summed E-state index contributed by atoms with van der Waals surface area (Å²) in [6.45, 7) is -0.242. The zero-order valence-corrected chi connectivity index (χ0v) is 20.7. The van der Waals surface area contributed by atoms with E-state index in [0.717, 1.165) is 16.5 Å². The molecule has 5 rings (SSSR count). The molecular formula is C27H29ClN2O7. The summed E-state index contributed by atoms with van der Waals surface area (Å²) in [5.41, 5.74) is 4.03. The first-order valence-corrected chi connectivity index (χ1v) is 12.7. The number of nitrogens with one attached hydrogen (secondary N) is 1. The van der Waals surface area contributed by atoms with Crippen LogP contribution in [-0.2, 0) is 20.7 Å². The van der Waals surface area contributed by atoms with Crippen molar-refractivity contribution in [3.63, 3.8) is 0 Å². The summed E-state index contributed by atoms with van der Waals surface area (Å²) in [4.78, 5) is 22.6. The number of aromatic nitrogens is 1. The SMILES string of the molecule is O=C(O)CC(=O)NC[C@H]1O[C@@H](n2cc(Cc3ccc(C4CC4)cc3)c3c(Cl)cccc32)[C@H](O)[C@@H](O)[C@@H]1O. The molecule has 0 radical (unpaired) electrons. The minimum absolute atomic E-state index is 0.242. The number of fused-ring (bicyclic) bond motifs is 1. The number of benzene rings is 2. The number of aliphatic carboxylic acids is 1. The standard InChI is InChI=1S/C27H29ClN2O7/c28-18-2-1-3-19-23(18)17(10-14-4-6-15(7-5-14)16-8-9-16)13-30(19)27-26(36)25(35)24(34)20(37-27)12-29-21(31)11-22(32)33/h1-7,13,16,20,24-27,34-36H,8-12H2,(H,29,31)(H,32,33)/t20-,24-,25+,26-,27-/m1/s1. The van der Waals surface area contributed by atoms with Crippen LogP contribution in [0, 0.1) is 0 Å². The highest BCUT2D eigenvalue weighted by molar-refractivity contribution is 6.35. The van der Waals surface area contributed by atoms with Gasteiger partial charge in [-0.2, -0.15) is 0 Å². The number of aliphatic hydroxyl groups is 3. The fraction of sp³-hybridized carbons (Fsp3) is 0.407. The molecule has 196 valence electrons. The number of ether oxygens (including phenoxy) is 1. The minimum atomic E-state index is -1.56. The van der Waals surface area contributed by atoms with Gasteiger partial charge in [-0.05, 0) is 54.0 Å². The molecule has 1 aliphatic carbocycles. The van der Waals surface area contributed by atoms with E-state index in [9.17, 15) is 24.9 Å². The molecule has 1 amide bonds. The monoisotopic (exact) mass is 528 g/mol. The second kappa shape index (κ2) is 10.4. The van der Waals surface area contributed by atoms with Crippen LogP contribution < -0.4 is 5.32 Å². The second-order valence-electron chi connectivity index (χ2n) is 9.80. The minimum Gasteiger partial charge on any atom is -0.481 e. The van der Waals surface area contributed by atoms with Crippen molar-refractivity contribution in [2.45, 2.75) is 62.2 Å². The second-order valence-corrected chi connectivity index (χ2v) is 10.2. The Hall–Kier alpha value is -2.95. The third-order valence-corrected chi connectivity index (χ3v) is 7.40. The molecule has 1 saturated carbocycles. The van der Waals surface area contributed by atoms with Gasteiger partial charge in [0.15, 0.2) is 6.23 Å². The Morgan fingerprint density at radius 1 is 1.03 bits per heavy atom. The van der Waals surface area contributed by atoms with Crippen LogP contribution in [0.1, 0.15) is 48.1 Å². The van der Waals surface area contributed by atoms with Gasteiger partial charge in [0, 0.05) is 18.1 Å². The van der Waals surface area contributed by atoms with Crippen LogP contribution in [-0.4, -0.2) is 67.8 Å². The van der Waals surface area contributed by atoms with Crippen LogP contribution in [0.5, 0.6) is 0 Å². The molecule has 1 aromatic heterocycles. The van der Waals surface area contributed by atoms with Gasteiger partial charge in [0.25, 0.3) is 0 Å². The molecule has 2 aliphatic rings. The number of hydrogen-bond acceptors (Lipinski definition) is 6. The fourth-order valence-electron chi connectivity index (χ4n) is 4.98. The predicted octanol–water partition coefficient (Wildman–Crippen LogP) is 2.33. The van der Waals surface area contributed by atoms with Crippen LogP contribution in [0.2, 0.25) is 5.02 Å². The van der Waals surface area contributed by atoms with Gasteiger partial charge in [-0.1, -0.05) is 41.9 Å². The lowest BCUT2D eigenvalue weighted by Crippen LogP contribution is -2.58. The maximum absolute atomic E-state index is 11.8. The normalized spacial score (nSPS) is 25.8. The number of halogens is 1. The van der Waals surface area contributed by atoms with Crippen LogP contribution in [0.15, 0.2) is 48.7 Å². The maximum atomic E-state index is 11.8. The molecule has 9 nitrogen and oxygen atoms in total. The number of amides is 1. The van der Waals surface area contributed by atoms with Gasteiger partial charge in [0.05, 0.1) is 10.5 Å². The first kappa shape index (κ1) is 25.7. The maximum Gasteiger partial charge on any atom is 0.312 e. The quantitative estimate of drug-likeness (QED) is 0.282. The molecule has 1 saturated heterocycles. The van der Waals surface area contributed by atoms with E-state index in [2.05, 4.69) is 29.6 Å². The first-order chi connectivity index (χ1) is 17.7. The highest BCUT2D eigenvalue weighted by Crippen LogP contribution is 2.40. The summed E-state index contributed by atoms with van der Waals surface area (Å²) in [7, 11) is 0. The molecule has 3 aromatic rings. The van der Waals surface area contributed by atoms with Gasteiger partial charge >= 0.3 is 5.97 Å². The fourth-order valence-corrected chi connectivity index (χ4v) is 5.27. The zero-order valence-electron chi connectivity index (χ0n) is 20.0. The Bertz CT molecular complexity index is 1300. The molecule has 2 aromatic carbocycles. The number of carboxylic acid groups (broad SMARTS) is 1. The predicted molar refractivity (Wildman–Crippen MR) is 135 cm³/mol. The third-order valence-electron chi connectivity index (χ3n) is 7.08. The molecule has 37 heavy (non-hydrogen) atoms. The van der Waals surface area contributed by atoms with E-state index >= 15 is 0 Å². The number of nitrogens with zero attached hydrogens (tertiary/aromatic N) is 1. The van der Waals surface area contributed by atoms with Gasteiger partial charge in [-0.3, -0.25) is 9.59 Å². The molecule has 0 bridgehead atoms. The molecule has 5 atom stereocenters. The molecule has 5 N–H and O–H groups in total. The summed E-state index contributed by atoms with van der Waals surface area (Å²) in [5, 5.41) is 44.4.